The predicted molar refractivity (Wildman–Crippen MR) is 145 cm³/mol. The molecule has 1 unspecified atom stereocenters. The molecule has 0 spiro atoms. The highest BCUT2D eigenvalue weighted by Crippen LogP contribution is 2.38. The Morgan fingerprint density at radius 3 is 2.38 bits per heavy atom. The number of thiocarbonyl (C=S) groups is 1. The van der Waals surface area contributed by atoms with Crippen LogP contribution >= 0.6 is 12.2 Å². The number of nitrogens with one attached hydrogen (secondary N) is 2. The summed E-state index contributed by atoms with van der Waals surface area (Å²) in [7, 11) is 0. The van der Waals surface area contributed by atoms with E-state index in [2.05, 4.69) is 29.7 Å². The Kier molecular flexibility index (Phi) is 15.0. The predicted octanol–water partition coefficient (Wildman–Crippen LogP) is 6.13. The fraction of sp³-hybridized carbons (Fsp3) is 0.778. The average molecular weight is 546 g/mol. The van der Waals surface area contributed by atoms with Crippen LogP contribution in [0.15, 0.2) is 24.4 Å². The summed E-state index contributed by atoms with van der Waals surface area (Å²) in [5.74, 6) is -3.25. The van der Waals surface area contributed by atoms with Crippen molar-refractivity contribution in [2.45, 2.75) is 121 Å². The Bertz CT molecular complexity index is 738. The number of hydrogen-bond acceptors (Lipinski definition) is 5. The summed E-state index contributed by atoms with van der Waals surface area (Å²) in [6, 6.07) is -0.746. The number of carbonyl (C=O) groups excluding carboxylic acids is 1. The Hall–Kier alpha value is -1.78. The summed E-state index contributed by atoms with van der Waals surface area (Å²) >= 11 is 5.17. The van der Waals surface area contributed by atoms with Gasteiger partial charge in [-0.15, -0.1) is 0 Å². The average Bonchev–Trinajstić information content (AvgIpc) is 3.18. The maximum Gasteiger partial charge on any atom is 0.325 e. The molecule has 0 aliphatic carbocycles. The number of halogens is 2. The third-order valence-electron chi connectivity index (χ3n) is 6.50. The summed E-state index contributed by atoms with van der Waals surface area (Å²) in [6.45, 7) is 2.19. The van der Waals surface area contributed by atoms with E-state index in [1.807, 2.05) is 0 Å². The first-order chi connectivity index (χ1) is 17.9. The van der Waals surface area contributed by atoms with Gasteiger partial charge in [-0.2, -0.15) is 0 Å². The van der Waals surface area contributed by atoms with E-state index in [0.29, 0.717) is 6.61 Å². The van der Waals surface area contributed by atoms with Crippen molar-refractivity contribution in [1.29, 1.82) is 0 Å². The molecular weight excluding hydrogens is 500 g/mol. The number of amides is 2. The van der Waals surface area contributed by atoms with Gasteiger partial charge in [0.2, 0.25) is 6.23 Å². The molecule has 0 saturated carbocycles. The lowest BCUT2D eigenvalue weighted by Gasteiger charge is -2.33. The van der Waals surface area contributed by atoms with Gasteiger partial charge in [-0.3, -0.25) is 4.90 Å². The van der Waals surface area contributed by atoms with Crippen LogP contribution in [0.4, 0.5) is 13.6 Å². The molecule has 0 aromatic heterocycles. The van der Waals surface area contributed by atoms with Crippen LogP contribution in [-0.4, -0.2) is 58.8 Å². The highest BCUT2D eigenvalue weighted by molar-refractivity contribution is 7.80. The maximum absolute atomic E-state index is 14.1. The second kappa shape index (κ2) is 17.7. The van der Waals surface area contributed by atoms with E-state index in [4.69, 9.17) is 26.8 Å². The number of aliphatic hydroxyl groups is 1. The molecule has 10 heteroatoms. The molecule has 1 fully saturated rings. The molecule has 0 bridgehead atoms. The largest absolute Gasteiger partial charge is 0.471 e. The zero-order valence-corrected chi connectivity index (χ0v) is 23.0. The second-order valence-corrected chi connectivity index (χ2v) is 10.2. The van der Waals surface area contributed by atoms with Gasteiger partial charge in [0.15, 0.2) is 0 Å². The molecule has 37 heavy (non-hydrogen) atoms. The van der Waals surface area contributed by atoms with E-state index in [9.17, 15) is 13.6 Å². The van der Waals surface area contributed by atoms with Crippen LogP contribution < -0.4 is 10.6 Å². The molecule has 1 saturated heterocycles. The van der Waals surface area contributed by atoms with Crippen LogP contribution in [0.1, 0.15) is 96.8 Å². The van der Waals surface area contributed by atoms with Gasteiger partial charge >= 0.3 is 6.03 Å². The monoisotopic (exact) mass is 545 g/mol. The van der Waals surface area contributed by atoms with Crippen LogP contribution in [0.2, 0.25) is 0 Å². The molecule has 3 N–H and O–H groups in total. The number of unbranched alkanes of at least 4 members (excludes halogenated alkanes) is 11. The van der Waals surface area contributed by atoms with Gasteiger partial charge in [-0.25, -0.2) is 13.6 Å². The topological polar surface area (TPSA) is 83.1 Å². The first kappa shape index (κ1) is 31.4. The van der Waals surface area contributed by atoms with Crippen LogP contribution in [-0.2, 0) is 9.47 Å². The highest BCUT2D eigenvalue weighted by Gasteiger charge is 2.54. The summed E-state index contributed by atoms with van der Waals surface area (Å²) in [6.07, 6.45) is 19.2. The van der Waals surface area contributed by atoms with Gasteiger partial charge in [-0.1, -0.05) is 70.4 Å². The number of rotatable bonds is 18. The fourth-order valence-corrected chi connectivity index (χ4v) is 4.60. The van der Waals surface area contributed by atoms with Gasteiger partial charge in [0.1, 0.15) is 6.17 Å². The number of allylic oxidation sites excluding steroid dienone is 2. The van der Waals surface area contributed by atoms with Crippen molar-refractivity contribution in [1.82, 2.24) is 15.5 Å². The molecule has 212 valence electrons. The van der Waals surface area contributed by atoms with E-state index in [-0.39, 0.29) is 5.17 Å². The molecule has 0 aromatic carbocycles. The van der Waals surface area contributed by atoms with Crippen molar-refractivity contribution in [3.63, 3.8) is 0 Å². The summed E-state index contributed by atoms with van der Waals surface area (Å²) in [4.78, 5) is 13.1. The number of ether oxygens (including phenoxy) is 2. The van der Waals surface area contributed by atoms with Gasteiger partial charge in [0, 0.05) is 12.6 Å². The Morgan fingerprint density at radius 1 is 1.16 bits per heavy atom. The van der Waals surface area contributed by atoms with E-state index in [0.717, 1.165) is 24.2 Å². The summed E-state index contributed by atoms with van der Waals surface area (Å²) < 4.78 is 38.9. The zero-order chi connectivity index (χ0) is 26.9. The lowest BCUT2D eigenvalue weighted by molar-refractivity contribution is -0.127. The van der Waals surface area contributed by atoms with Crippen LogP contribution in [0, 0.1) is 0 Å². The third-order valence-corrected chi connectivity index (χ3v) is 6.74. The van der Waals surface area contributed by atoms with Crippen LogP contribution in [0.5, 0.6) is 0 Å². The van der Waals surface area contributed by atoms with Gasteiger partial charge < -0.3 is 25.2 Å². The fourth-order valence-electron chi connectivity index (χ4n) is 4.39. The highest BCUT2D eigenvalue weighted by atomic mass is 32.1. The van der Waals surface area contributed by atoms with Crippen LogP contribution in [0.25, 0.3) is 0 Å². The minimum absolute atomic E-state index is 0.142. The van der Waals surface area contributed by atoms with E-state index < -0.39 is 43.5 Å². The van der Waals surface area contributed by atoms with Crippen molar-refractivity contribution in [3.05, 3.63) is 24.4 Å². The number of nitrogens with zero attached hydrogens (tertiary/aromatic N) is 1. The second-order valence-electron chi connectivity index (χ2n) is 9.80. The summed E-state index contributed by atoms with van der Waals surface area (Å²) in [5, 5.41) is 14.6. The zero-order valence-electron chi connectivity index (χ0n) is 22.1. The van der Waals surface area contributed by atoms with Crippen LogP contribution in [0.3, 0.4) is 0 Å². The van der Waals surface area contributed by atoms with Crippen molar-refractivity contribution in [2.75, 3.05) is 13.2 Å². The first-order valence-corrected chi connectivity index (χ1v) is 14.3. The number of alkyl halides is 2. The Labute approximate surface area is 226 Å². The molecule has 2 amide bonds. The number of aliphatic hydroxyl groups excluding tert-OH is 1. The minimum atomic E-state index is -3.25. The van der Waals surface area contributed by atoms with Gasteiger partial charge in [0.25, 0.3) is 11.1 Å². The first-order valence-electron chi connectivity index (χ1n) is 13.9. The number of hydrogen-bond donors (Lipinski definition) is 3. The molecule has 3 atom stereocenters. The van der Waals surface area contributed by atoms with E-state index in [1.54, 1.807) is 0 Å². The van der Waals surface area contributed by atoms with E-state index in [1.165, 1.54) is 76.5 Å². The van der Waals surface area contributed by atoms with Crippen molar-refractivity contribution >= 4 is 23.4 Å². The molecule has 2 rings (SSSR count). The molecule has 2 aliphatic rings. The van der Waals surface area contributed by atoms with Gasteiger partial charge in [0.05, 0.1) is 19.3 Å². The Balaban J connectivity index is 1.48. The number of urea groups is 1. The number of carbonyl (C=O) groups is 1. The maximum atomic E-state index is 14.1. The smallest absolute Gasteiger partial charge is 0.325 e. The molecule has 7 nitrogen and oxygen atoms in total. The normalized spacial score (nSPS) is 23.0. The quantitative estimate of drug-likeness (QED) is 0.109. The molecule has 0 radical (unpaired) electrons. The molecule has 0 aromatic rings. The van der Waals surface area contributed by atoms with Crippen molar-refractivity contribution in [3.8, 4) is 0 Å². The third kappa shape index (κ3) is 12.1. The minimum Gasteiger partial charge on any atom is -0.471 e. The lowest BCUT2D eigenvalue weighted by atomic mass is 10.1. The molecule has 2 aliphatic heterocycles. The van der Waals surface area contributed by atoms with E-state index >= 15 is 0 Å². The standard InChI is InChI=1S/C27H45F2N3O4S/c1-2-3-4-5-6-7-8-9-10-11-12-13-14-15-16-19-35-26(37)31-23-17-18-32(25(34)30-23)24-27(28,29)20-22(21-33)36-24/h8-9,17-18,22-24,33H,2-7,10-16,19-21H2,1H3,(H,30,34)(H,31,37)/b9-8-/t22-,23?,24+/m0/s1. The molecule has 2 heterocycles. The van der Waals surface area contributed by atoms with Crippen molar-refractivity contribution in [2.24, 2.45) is 0 Å². The van der Waals surface area contributed by atoms with Gasteiger partial charge in [-0.05, 0) is 50.4 Å². The SMILES string of the molecule is CCCCCCC/C=C\CCCCCCCCOC(=S)NC1C=CN([C@@H]2O[C@H](CO)CC2(F)F)C(=O)N1. The lowest BCUT2D eigenvalue weighted by Crippen LogP contribution is -2.57. The molecular formula is C27H45F2N3O4S. The summed E-state index contributed by atoms with van der Waals surface area (Å²) in [5.41, 5.74) is 0. The van der Waals surface area contributed by atoms with Crippen molar-refractivity contribution < 1.29 is 28.2 Å². The Morgan fingerprint density at radius 2 is 1.78 bits per heavy atom.